The van der Waals surface area contributed by atoms with Crippen LogP contribution in [0.25, 0.3) is 0 Å². The number of nitrogens with two attached hydrogens (primary N) is 1. The van der Waals surface area contributed by atoms with Crippen LogP contribution in [-0.2, 0) is 4.74 Å². The van der Waals surface area contributed by atoms with Crippen LogP contribution in [0.3, 0.4) is 0 Å². The van der Waals surface area contributed by atoms with Gasteiger partial charge < -0.3 is 15.8 Å². The van der Waals surface area contributed by atoms with E-state index < -0.39 is 6.09 Å². The molecule has 6 heteroatoms. The van der Waals surface area contributed by atoms with E-state index in [2.05, 4.69) is 36.4 Å². The minimum Gasteiger partial charge on any atom is -0.450 e. The highest BCUT2D eigenvalue weighted by atomic mass is 16.5. The molecule has 2 saturated carbocycles. The zero-order valence-electron chi connectivity index (χ0n) is 15.0. The van der Waals surface area contributed by atoms with Crippen LogP contribution in [-0.4, -0.2) is 23.7 Å². The Hall–Kier alpha value is -1.98. The molecule has 4 N–H and O–H groups in total. The molecule has 2 fully saturated rings. The third kappa shape index (κ3) is 2.58. The minimum absolute atomic E-state index is 0.274. The van der Waals surface area contributed by atoms with Crippen LogP contribution in [0.4, 0.5) is 22.1 Å². The maximum absolute atomic E-state index is 11.5. The first-order valence-corrected chi connectivity index (χ1v) is 8.74. The summed E-state index contributed by atoms with van der Waals surface area (Å²) in [5.41, 5.74) is 7.07. The second kappa shape index (κ2) is 5.83. The van der Waals surface area contributed by atoms with Gasteiger partial charge in [0.2, 0.25) is 0 Å². The number of aromatic nitrogens is 1. The van der Waals surface area contributed by atoms with Crippen LogP contribution in [0.15, 0.2) is 12.1 Å². The van der Waals surface area contributed by atoms with Gasteiger partial charge in [0.05, 0.1) is 12.3 Å². The lowest BCUT2D eigenvalue weighted by Crippen LogP contribution is -2.40. The number of hydrogen-bond acceptors (Lipinski definition) is 5. The van der Waals surface area contributed by atoms with Crippen molar-refractivity contribution in [2.24, 2.45) is 16.7 Å². The highest BCUT2D eigenvalue weighted by Crippen LogP contribution is 2.65. The first kappa shape index (κ1) is 16.9. The molecule has 0 spiro atoms. The molecular formula is C18H28N4O2. The monoisotopic (exact) mass is 332 g/mol. The van der Waals surface area contributed by atoms with E-state index in [1.807, 2.05) is 6.07 Å². The van der Waals surface area contributed by atoms with Crippen LogP contribution in [0.5, 0.6) is 0 Å². The molecule has 1 aromatic heterocycles. The molecule has 2 aliphatic carbocycles. The highest BCUT2D eigenvalue weighted by Gasteiger charge is 2.61. The number of carbonyl (C=O) groups excluding carboxylic acids is 1. The topological polar surface area (TPSA) is 89.3 Å². The van der Waals surface area contributed by atoms with Crippen LogP contribution >= 0.6 is 0 Å². The molecule has 1 heterocycles. The summed E-state index contributed by atoms with van der Waals surface area (Å²) in [4.78, 5) is 15.9. The van der Waals surface area contributed by atoms with Gasteiger partial charge in [-0.1, -0.05) is 20.8 Å². The van der Waals surface area contributed by atoms with Crippen molar-refractivity contribution in [3.05, 3.63) is 12.1 Å². The molecule has 132 valence electrons. The molecule has 1 amide bonds. The van der Waals surface area contributed by atoms with E-state index in [-0.39, 0.29) is 5.41 Å². The standard InChI is InChI=1S/C18H28N4O2/c1-5-24-16(23)20-12-6-7-14(22-15(12)19)21-13-10-11-8-9-18(13,4)17(11,2)3/h6-7,11,13H,5,8-10H2,1-4H3,(H,20,23)(H3,19,21,22). The molecule has 3 atom stereocenters. The van der Waals surface area contributed by atoms with Gasteiger partial charge in [-0.25, -0.2) is 9.78 Å². The third-order valence-electron chi connectivity index (χ3n) is 6.55. The Bertz CT molecular complexity index is 646. The molecule has 1 aromatic rings. The molecule has 24 heavy (non-hydrogen) atoms. The fourth-order valence-electron chi connectivity index (χ4n) is 4.54. The largest absolute Gasteiger partial charge is 0.450 e. The number of amides is 1. The van der Waals surface area contributed by atoms with E-state index in [1.54, 1.807) is 13.0 Å². The van der Waals surface area contributed by atoms with Crippen molar-refractivity contribution in [3.63, 3.8) is 0 Å². The maximum atomic E-state index is 11.5. The summed E-state index contributed by atoms with van der Waals surface area (Å²) in [6.07, 6.45) is 3.22. The number of pyridine rings is 1. The van der Waals surface area contributed by atoms with Gasteiger partial charge in [-0.2, -0.15) is 0 Å². The van der Waals surface area contributed by atoms with Gasteiger partial charge in [0.15, 0.2) is 0 Å². The summed E-state index contributed by atoms with van der Waals surface area (Å²) in [6.45, 7) is 9.24. The quantitative estimate of drug-likeness (QED) is 0.779. The number of ether oxygens (including phenoxy) is 1. The first-order valence-electron chi connectivity index (χ1n) is 8.74. The number of carbonyl (C=O) groups is 1. The fraction of sp³-hybridized carbons (Fsp3) is 0.667. The average Bonchev–Trinajstić information content (AvgIpc) is 2.84. The number of nitrogens with zero attached hydrogens (tertiary/aromatic N) is 1. The summed E-state index contributed by atoms with van der Waals surface area (Å²) in [5.74, 6) is 1.82. The highest BCUT2D eigenvalue weighted by molar-refractivity contribution is 5.88. The molecule has 3 rings (SSSR count). The zero-order chi connectivity index (χ0) is 17.5. The Balaban J connectivity index is 1.71. The van der Waals surface area contributed by atoms with Gasteiger partial charge in [0.1, 0.15) is 11.6 Å². The Morgan fingerprint density at radius 3 is 2.71 bits per heavy atom. The number of hydrogen-bond donors (Lipinski definition) is 3. The zero-order valence-corrected chi connectivity index (χ0v) is 15.0. The van der Waals surface area contributed by atoms with Gasteiger partial charge in [-0.15, -0.1) is 0 Å². The molecular weight excluding hydrogens is 304 g/mol. The first-order chi connectivity index (χ1) is 11.3. The van der Waals surface area contributed by atoms with Crippen LogP contribution in [0.2, 0.25) is 0 Å². The van der Waals surface area contributed by atoms with Crippen molar-refractivity contribution < 1.29 is 9.53 Å². The molecule has 0 radical (unpaired) electrons. The summed E-state index contributed by atoms with van der Waals surface area (Å²) in [5, 5.41) is 6.18. The van der Waals surface area contributed by atoms with E-state index in [4.69, 9.17) is 10.5 Å². The number of nitrogen functional groups attached to an aromatic ring is 1. The van der Waals surface area contributed by atoms with Gasteiger partial charge in [0, 0.05) is 6.04 Å². The number of rotatable bonds is 4. The maximum Gasteiger partial charge on any atom is 0.411 e. The summed E-state index contributed by atoms with van der Waals surface area (Å²) >= 11 is 0. The summed E-state index contributed by atoms with van der Waals surface area (Å²) < 4.78 is 4.86. The second-order valence-electron chi connectivity index (χ2n) is 7.78. The smallest absolute Gasteiger partial charge is 0.411 e. The molecule has 2 bridgehead atoms. The average molecular weight is 332 g/mol. The summed E-state index contributed by atoms with van der Waals surface area (Å²) in [7, 11) is 0. The van der Waals surface area contributed by atoms with E-state index >= 15 is 0 Å². The Morgan fingerprint density at radius 2 is 2.17 bits per heavy atom. The Morgan fingerprint density at radius 1 is 1.42 bits per heavy atom. The SMILES string of the molecule is CCOC(=O)Nc1ccc(NC2CC3CCC2(C)C3(C)C)nc1N. The van der Waals surface area contributed by atoms with E-state index in [1.165, 1.54) is 19.3 Å². The lowest BCUT2D eigenvalue weighted by Gasteiger charge is -2.39. The number of nitrogens with one attached hydrogen (secondary N) is 2. The molecule has 0 aliphatic heterocycles. The third-order valence-corrected chi connectivity index (χ3v) is 6.55. The Kier molecular flexibility index (Phi) is 4.10. The number of fused-ring (bicyclic) bond motifs is 2. The van der Waals surface area contributed by atoms with Crippen molar-refractivity contribution in [1.29, 1.82) is 0 Å². The normalized spacial score (nSPS) is 30.2. The van der Waals surface area contributed by atoms with Gasteiger partial charge >= 0.3 is 6.09 Å². The lowest BCUT2D eigenvalue weighted by molar-refractivity contribution is 0.142. The molecule has 0 saturated heterocycles. The minimum atomic E-state index is -0.519. The van der Waals surface area contributed by atoms with E-state index in [9.17, 15) is 4.79 Å². The van der Waals surface area contributed by atoms with Crippen LogP contribution < -0.4 is 16.4 Å². The van der Waals surface area contributed by atoms with Gasteiger partial charge in [-0.3, -0.25) is 5.32 Å². The van der Waals surface area contributed by atoms with Crippen molar-refractivity contribution in [2.45, 2.75) is 53.0 Å². The van der Waals surface area contributed by atoms with Gasteiger partial charge in [-0.05, 0) is 55.1 Å². The molecule has 3 unspecified atom stereocenters. The number of anilines is 3. The van der Waals surface area contributed by atoms with Gasteiger partial charge in [0.25, 0.3) is 0 Å². The van der Waals surface area contributed by atoms with Crippen LogP contribution in [0, 0.1) is 16.7 Å². The van der Waals surface area contributed by atoms with Crippen LogP contribution in [0.1, 0.15) is 47.0 Å². The summed E-state index contributed by atoms with van der Waals surface area (Å²) in [6, 6.07) is 4.03. The second-order valence-corrected chi connectivity index (χ2v) is 7.78. The van der Waals surface area contributed by atoms with Crippen molar-refractivity contribution >= 4 is 23.4 Å². The van der Waals surface area contributed by atoms with E-state index in [0.29, 0.717) is 29.6 Å². The van der Waals surface area contributed by atoms with Crippen molar-refractivity contribution in [2.75, 3.05) is 23.0 Å². The predicted octanol–water partition coefficient (Wildman–Crippen LogP) is 3.86. The Labute approximate surface area is 143 Å². The van der Waals surface area contributed by atoms with E-state index in [0.717, 1.165) is 11.7 Å². The molecule has 2 aliphatic rings. The fourth-order valence-corrected chi connectivity index (χ4v) is 4.54. The van der Waals surface area contributed by atoms with Crippen molar-refractivity contribution in [1.82, 2.24) is 4.98 Å². The molecule has 6 nitrogen and oxygen atoms in total. The molecule has 0 aromatic carbocycles. The van der Waals surface area contributed by atoms with Crippen molar-refractivity contribution in [3.8, 4) is 0 Å². The lowest BCUT2D eigenvalue weighted by atomic mass is 9.69. The predicted molar refractivity (Wildman–Crippen MR) is 95.9 cm³/mol.